The van der Waals surface area contributed by atoms with E-state index in [0.717, 1.165) is 0 Å². The average molecular weight is 309 g/mol. The summed E-state index contributed by atoms with van der Waals surface area (Å²) in [5.41, 5.74) is 0.430. The van der Waals surface area contributed by atoms with E-state index in [1.54, 1.807) is 18.3 Å². The third-order valence-electron chi connectivity index (χ3n) is 1.73. The van der Waals surface area contributed by atoms with Crippen molar-refractivity contribution in [2.24, 2.45) is 0 Å². The summed E-state index contributed by atoms with van der Waals surface area (Å²) >= 11 is 3.16. The summed E-state index contributed by atoms with van der Waals surface area (Å²) in [7, 11) is -3.37. The lowest BCUT2D eigenvalue weighted by molar-refractivity contribution is 0.163. The lowest BCUT2D eigenvalue weighted by Gasteiger charge is -2.08. The Morgan fingerprint density at radius 3 is 2.94 bits per heavy atom. The monoisotopic (exact) mass is 308 g/mol. The standard InChI is InChI=1S/C9H13BrN2O3S/c1-2-15-6-7-16(13,14)12-8-4-3-5-11-9(8)10/h3-5,12H,2,6-7H2,1H3. The van der Waals surface area contributed by atoms with Crippen LogP contribution >= 0.6 is 15.9 Å². The van der Waals surface area contributed by atoms with Gasteiger partial charge in [0.2, 0.25) is 10.0 Å². The maximum atomic E-state index is 11.6. The molecule has 1 heterocycles. The minimum absolute atomic E-state index is 0.0673. The van der Waals surface area contributed by atoms with Crippen molar-refractivity contribution in [3.05, 3.63) is 22.9 Å². The first kappa shape index (κ1) is 13.4. The van der Waals surface area contributed by atoms with E-state index in [0.29, 0.717) is 16.9 Å². The molecule has 1 aromatic rings. The van der Waals surface area contributed by atoms with Gasteiger partial charge in [0.25, 0.3) is 0 Å². The molecule has 1 N–H and O–H groups in total. The molecule has 0 fully saturated rings. The molecule has 0 aliphatic carbocycles. The largest absolute Gasteiger partial charge is 0.381 e. The predicted molar refractivity (Wildman–Crippen MR) is 65.8 cm³/mol. The molecular weight excluding hydrogens is 296 g/mol. The fraction of sp³-hybridized carbons (Fsp3) is 0.444. The number of pyridine rings is 1. The molecule has 0 amide bonds. The molecule has 0 aliphatic heterocycles. The number of aromatic nitrogens is 1. The Bertz CT molecular complexity index is 436. The fourth-order valence-electron chi connectivity index (χ4n) is 0.994. The first-order valence-corrected chi connectivity index (χ1v) is 7.18. The van der Waals surface area contributed by atoms with Gasteiger partial charge in [0.15, 0.2) is 0 Å². The van der Waals surface area contributed by atoms with Crippen molar-refractivity contribution in [3.63, 3.8) is 0 Å². The van der Waals surface area contributed by atoms with E-state index < -0.39 is 10.0 Å². The first-order valence-electron chi connectivity index (χ1n) is 4.74. The average Bonchev–Trinajstić information content (AvgIpc) is 2.21. The molecule has 0 atom stereocenters. The van der Waals surface area contributed by atoms with E-state index in [-0.39, 0.29) is 12.4 Å². The molecule has 0 aliphatic rings. The summed E-state index contributed by atoms with van der Waals surface area (Å²) in [5, 5.41) is 0. The van der Waals surface area contributed by atoms with Gasteiger partial charge in [-0.25, -0.2) is 13.4 Å². The van der Waals surface area contributed by atoms with E-state index in [4.69, 9.17) is 4.74 Å². The van der Waals surface area contributed by atoms with Crippen LogP contribution < -0.4 is 4.72 Å². The molecule has 5 nitrogen and oxygen atoms in total. The number of hydrogen-bond acceptors (Lipinski definition) is 4. The Labute approximate surface area is 103 Å². The highest BCUT2D eigenvalue weighted by Crippen LogP contribution is 2.19. The Morgan fingerprint density at radius 2 is 2.31 bits per heavy atom. The minimum Gasteiger partial charge on any atom is -0.381 e. The predicted octanol–water partition coefficient (Wildman–Crippen LogP) is 1.62. The third-order valence-corrected chi connectivity index (χ3v) is 3.59. The summed E-state index contributed by atoms with van der Waals surface area (Å²) in [6.45, 7) is 2.51. The van der Waals surface area contributed by atoms with Crippen LogP contribution in [0, 0.1) is 0 Å². The molecule has 7 heteroatoms. The number of sulfonamides is 1. The Hall–Kier alpha value is -0.660. The Balaban J connectivity index is 2.63. The van der Waals surface area contributed by atoms with Gasteiger partial charge in [-0.2, -0.15) is 0 Å². The Kier molecular flexibility index (Phi) is 5.17. The van der Waals surface area contributed by atoms with Gasteiger partial charge in [0, 0.05) is 12.8 Å². The molecule has 16 heavy (non-hydrogen) atoms. The van der Waals surface area contributed by atoms with Crippen molar-refractivity contribution in [2.45, 2.75) is 6.92 Å². The molecular formula is C9H13BrN2O3S. The SMILES string of the molecule is CCOCCS(=O)(=O)Nc1cccnc1Br. The van der Waals surface area contributed by atoms with Gasteiger partial charge in [-0.1, -0.05) is 0 Å². The maximum absolute atomic E-state index is 11.6. The lowest BCUT2D eigenvalue weighted by Crippen LogP contribution is -2.20. The minimum atomic E-state index is -3.37. The number of halogens is 1. The van der Waals surface area contributed by atoms with Gasteiger partial charge in [0.05, 0.1) is 18.0 Å². The summed E-state index contributed by atoms with van der Waals surface area (Å²) in [5.74, 6) is -0.0673. The quantitative estimate of drug-likeness (QED) is 0.640. The van der Waals surface area contributed by atoms with Crippen LogP contribution in [-0.4, -0.2) is 32.4 Å². The highest BCUT2D eigenvalue weighted by molar-refractivity contribution is 9.10. The van der Waals surface area contributed by atoms with Crippen LogP contribution in [0.2, 0.25) is 0 Å². The van der Waals surface area contributed by atoms with E-state index in [2.05, 4.69) is 25.6 Å². The van der Waals surface area contributed by atoms with E-state index in [1.165, 1.54) is 0 Å². The maximum Gasteiger partial charge on any atom is 0.235 e. The second kappa shape index (κ2) is 6.17. The molecule has 0 aromatic carbocycles. The number of anilines is 1. The van der Waals surface area contributed by atoms with Gasteiger partial charge in [0.1, 0.15) is 4.60 Å². The highest BCUT2D eigenvalue weighted by atomic mass is 79.9. The number of nitrogens with zero attached hydrogens (tertiary/aromatic N) is 1. The molecule has 0 saturated carbocycles. The molecule has 0 radical (unpaired) electrons. The van der Waals surface area contributed by atoms with E-state index >= 15 is 0 Å². The fourth-order valence-corrected chi connectivity index (χ4v) is 2.41. The Morgan fingerprint density at radius 1 is 1.56 bits per heavy atom. The van der Waals surface area contributed by atoms with E-state index in [9.17, 15) is 8.42 Å². The summed E-state index contributed by atoms with van der Waals surface area (Å²) in [4.78, 5) is 3.92. The van der Waals surface area contributed by atoms with Gasteiger partial charge in [-0.05, 0) is 35.0 Å². The number of ether oxygens (including phenoxy) is 1. The number of hydrogen-bond donors (Lipinski definition) is 1. The first-order chi connectivity index (χ1) is 7.55. The van der Waals surface area contributed by atoms with Crippen LogP contribution in [0.3, 0.4) is 0 Å². The zero-order valence-electron chi connectivity index (χ0n) is 8.81. The van der Waals surface area contributed by atoms with Crippen molar-refractivity contribution in [2.75, 3.05) is 23.7 Å². The lowest BCUT2D eigenvalue weighted by atomic mass is 10.4. The van der Waals surface area contributed by atoms with Crippen LogP contribution in [0.15, 0.2) is 22.9 Å². The molecule has 1 rings (SSSR count). The molecule has 0 unspecified atom stereocenters. The topological polar surface area (TPSA) is 68.3 Å². The van der Waals surface area contributed by atoms with Gasteiger partial charge >= 0.3 is 0 Å². The van der Waals surface area contributed by atoms with Crippen molar-refractivity contribution >= 4 is 31.6 Å². The van der Waals surface area contributed by atoms with Crippen LogP contribution in [0.1, 0.15) is 6.92 Å². The second-order valence-electron chi connectivity index (χ2n) is 2.96. The zero-order valence-corrected chi connectivity index (χ0v) is 11.2. The van der Waals surface area contributed by atoms with Crippen LogP contribution in [0.25, 0.3) is 0 Å². The van der Waals surface area contributed by atoms with Crippen LogP contribution in [-0.2, 0) is 14.8 Å². The second-order valence-corrected chi connectivity index (χ2v) is 5.55. The van der Waals surface area contributed by atoms with Gasteiger partial charge < -0.3 is 4.74 Å². The van der Waals surface area contributed by atoms with E-state index in [1.807, 2.05) is 6.92 Å². The normalized spacial score (nSPS) is 11.4. The van der Waals surface area contributed by atoms with Crippen LogP contribution in [0.4, 0.5) is 5.69 Å². The molecule has 0 saturated heterocycles. The van der Waals surface area contributed by atoms with Crippen molar-refractivity contribution in [1.82, 2.24) is 4.98 Å². The smallest absolute Gasteiger partial charge is 0.235 e. The molecule has 1 aromatic heterocycles. The van der Waals surface area contributed by atoms with Gasteiger partial charge in [-0.15, -0.1) is 0 Å². The summed E-state index contributed by atoms with van der Waals surface area (Å²) in [6.07, 6.45) is 1.57. The van der Waals surface area contributed by atoms with Crippen molar-refractivity contribution in [3.8, 4) is 0 Å². The zero-order chi connectivity index (χ0) is 12.0. The number of rotatable bonds is 6. The summed E-state index contributed by atoms with van der Waals surface area (Å²) < 4.78 is 31.1. The summed E-state index contributed by atoms with van der Waals surface area (Å²) in [6, 6.07) is 3.29. The van der Waals surface area contributed by atoms with Crippen molar-refractivity contribution < 1.29 is 13.2 Å². The van der Waals surface area contributed by atoms with Gasteiger partial charge in [-0.3, -0.25) is 4.72 Å². The van der Waals surface area contributed by atoms with Crippen LogP contribution in [0.5, 0.6) is 0 Å². The number of nitrogens with one attached hydrogen (secondary N) is 1. The molecule has 0 bridgehead atoms. The molecule has 90 valence electrons. The highest BCUT2D eigenvalue weighted by Gasteiger charge is 2.12. The van der Waals surface area contributed by atoms with Crippen molar-refractivity contribution in [1.29, 1.82) is 0 Å². The third kappa shape index (κ3) is 4.46. The molecule has 0 spiro atoms.